The Morgan fingerprint density at radius 1 is 1.07 bits per heavy atom. The fraction of sp³-hybridized carbons (Fsp3) is 0.516. The van der Waals surface area contributed by atoms with Crippen molar-refractivity contribution in [2.75, 3.05) is 26.2 Å². The molecule has 12 nitrogen and oxygen atoms in total. The van der Waals surface area contributed by atoms with E-state index in [2.05, 4.69) is 24.1 Å². The Morgan fingerprint density at radius 2 is 1.79 bits per heavy atom. The van der Waals surface area contributed by atoms with Crippen LogP contribution in [0.2, 0.25) is 0 Å². The Bertz CT molecular complexity index is 1280. The van der Waals surface area contributed by atoms with Gasteiger partial charge in [0.1, 0.15) is 30.6 Å². The molecule has 0 bridgehead atoms. The number of aliphatic hydroxyl groups is 3. The minimum atomic E-state index is -1.92. The van der Waals surface area contributed by atoms with Gasteiger partial charge in [-0.2, -0.15) is 0 Å². The van der Waals surface area contributed by atoms with E-state index >= 15 is 0 Å². The van der Waals surface area contributed by atoms with Gasteiger partial charge in [0.15, 0.2) is 6.10 Å². The average molecular weight is 601 g/mol. The molecule has 2 fully saturated rings. The number of rotatable bonds is 10. The van der Waals surface area contributed by atoms with E-state index in [-0.39, 0.29) is 17.1 Å². The van der Waals surface area contributed by atoms with Gasteiger partial charge in [-0.25, -0.2) is 4.79 Å². The number of carbonyl (C=O) groups is 3. The maximum Gasteiger partial charge on any atom is 0.335 e. The van der Waals surface area contributed by atoms with Crippen molar-refractivity contribution in [3.05, 3.63) is 65.7 Å². The summed E-state index contributed by atoms with van der Waals surface area (Å²) in [4.78, 5) is 39.4. The van der Waals surface area contributed by atoms with Crippen LogP contribution in [0.3, 0.4) is 0 Å². The van der Waals surface area contributed by atoms with Gasteiger partial charge >= 0.3 is 11.9 Å². The number of aromatic hydroxyl groups is 1. The van der Waals surface area contributed by atoms with Crippen molar-refractivity contribution in [3.63, 3.8) is 0 Å². The molecule has 0 aliphatic carbocycles. The standard InChI is InChI=1S/C31H40N2O10/c1-18-16-33(12-11-31(18,2)21-9-6-10-22(34)14-21)17-20(13-19-7-4-3-5-8-19)28(39)32-15-23(35)42-30-26(38)24(36)25(37)27(43-30)29(40)41/h3-10,14,18,20,24-27,30,34,36-38H,11-13,15-17H2,1-2H3,(H,32,39)(H,40,41). The summed E-state index contributed by atoms with van der Waals surface area (Å²) in [6, 6.07) is 16.8. The lowest BCUT2D eigenvalue weighted by atomic mass is 9.68. The third kappa shape index (κ3) is 7.70. The number of hydrogen-bond donors (Lipinski definition) is 6. The zero-order chi connectivity index (χ0) is 31.3. The number of ether oxygens (including phenoxy) is 2. The van der Waals surface area contributed by atoms with Crippen molar-refractivity contribution >= 4 is 17.8 Å². The monoisotopic (exact) mass is 600 g/mol. The molecule has 0 spiro atoms. The Balaban J connectivity index is 1.38. The van der Waals surface area contributed by atoms with Crippen LogP contribution in [0, 0.1) is 11.8 Å². The Kier molecular flexibility index (Phi) is 10.4. The molecule has 2 aromatic rings. The van der Waals surface area contributed by atoms with Gasteiger partial charge in [0.05, 0.1) is 5.92 Å². The summed E-state index contributed by atoms with van der Waals surface area (Å²) in [6.45, 7) is 5.65. The topological polar surface area (TPSA) is 186 Å². The molecule has 234 valence electrons. The number of hydrogen-bond acceptors (Lipinski definition) is 10. The van der Waals surface area contributed by atoms with Crippen molar-refractivity contribution in [3.8, 4) is 5.75 Å². The Hall–Kier alpha value is -3.55. The molecule has 0 radical (unpaired) electrons. The van der Waals surface area contributed by atoms with Gasteiger partial charge in [-0.3, -0.25) is 9.59 Å². The van der Waals surface area contributed by atoms with Crippen molar-refractivity contribution in [1.29, 1.82) is 0 Å². The minimum Gasteiger partial charge on any atom is -0.508 e. The molecule has 0 saturated carbocycles. The number of phenolic OH excluding ortho intramolecular Hbond substituents is 1. The zero-order valence-corrected chi connectivity index (χ0v) is 24.2. The van der Waals surface area contributed by atoms with Gasteiger partial charge in [0, 0.05) is 13.1 Å². The molecule has 0 aromatic heterocycles. The second kappa shape index (κ2) is 13.8. The fourth-order valence-electron chi connectivity index (χ4n) is 5.85. The molecule has 1 amide bonds. The number of aliphatic carboxylic acids is 1. The number of benzene rings is 2. The first kappa shape index (κ1) is 32.4. The quantitative estimate of drug-likeness (QED) is 0.207. The number of piperidine rings is 1. The van der Waals surface area contributed by atoms with Crippen LogP contribution in [0.25, 0.3) is 0 Å². The number of aliphatic hydroxyl groups excluding tert-OH is 3. The molecule has 12 heteroatoms. The zero-order valence-electron chi connectivity index (χ0n) is 24.2. The van der Waals surface area contributed by atoms with Gasteiger partial charge < -0.3 is 45.2 Å². The lowest BCUT2D eigenvalue weighted by Crippen LogP contribution is -2.60. The Labute approximate surface area is 249 Å². The van der Waals surface area contributed by atoms with Crippen LogP contribution in [0.15, 0.2) is 54.6 Å². The van der Waals surface area contributed by atoms with Gasteiger partial charge in [0.25, 0.3) is 0 Å². The highest BCUT2D eigenvalue weighted by molar-refractivity contribution is 5.84. The summed E-state index contributed by atoms with van der Waals surface area (Å²) < 4.78 is 9.98. The summed E-state index contributed by atoms with van der Waals surface area (Å²) in [5.74, 6) is -3.07. The average Bonchev–Trinajstić information content (AvgIpc) is 2.98. The lowest BCUT2D eigenvalue weighted by Gasteiger charge is -2.45. The molecule has 8 atom stereocenters. The normalized spacial score (nSPS) is 30.3. The van der Waals surface area contributed by atoms with Crippen LogP contribution >= 0.6 is 0 Å². The molecule has 2 heterocycles. The third-order valence-electron chi connectivity index (χ3n) is 8.71. The largest absolute Gasteiger partial charge is 0.508 e. The van der Waals surface area contributed by atoms with Crippen molar-refractivity contribution in [2.45, 2.75) is 62.8 Å². The van der Waals surface area contributed by atoms with Crippen LogP contribution in [0.5, 0.6) is 5.75 Å². The van der Waals surface area contributed by atoms with Crippen LogP contribution in [-0.4, -0.2) is 105 Å². The van der Waals surface area contributed by atoms with E-state index in [1.165, 1.54) is 0 Å². The van der Waals surface area contributed by atoms with Gasteiger partial charge in [-0.1, -0.05) is 56.3 Å². The third-order valence-corrected chi connectivity index (χ3v) is 8.71. The molecule has 2 saturated heterocycles. The van der Waals surface area contributed by atoms with E-state index in [1.807, 2.05) is 42.5 Å². The SMILES string of the molecule is CC1CN(CC(Cc2ccccc2)C(=O)NCC(=O)OC2OC(C(=O)O)C(O)C(O)C2O)CCC1(C)c1cccc(O)c1. The second-order valence-electron chi connectivity index (χ2n) is 11.7. The van der Waals surface area contributed by atoms with Crippen LogP contribution < -0.4 is 5.32 Å². The molecule has 2 aliphatic rings. The van der Waals surface area contributed by atoms with E-state index in [0.29, 0.717) is 13.0 Å². The highest BCUT2D eigenvalue weighted by atomic mass is 16.7. The van der Waals surface area contributed by atoms with Gasteiger partial charge in [-0.15, -0.1) is 0 Å². The number of amides is 1. The van der Waals surface area contributed by atoms with Crippen molar-refractivity contribution in [2.24, 2.45) is 11.8 Å². The molecule has 2 aromatic carbocycles. The molecule has 43 heavy (non-hydrogen) atoms. The molecule has 2 aliphatic heterocycles. The number of likely N-dealkylation sites (tertiary alicyclic amines) is 1. The predicted molar refractivity (Wildman–Crippen MR) is 153 cm³/mol. The van der Waals surface area contributed by atoms with E-state index in [0.717, 1.165) is 30.6 Å². The van der Waals surface area contributed by atoms with E-state index in [1.54, 1.807) is 12.1 Å². The highest BCUT2D eigenvalue weighted by Crippen LogP contribution is 2.40. The minimum absolute atomic E-state index is 0.148. The fourth-order valence-corrected chi connectivity index (χ4v) is 5.85. The summed E-state index contributed by atoms with van der Waals surface area (Å²) in [6.07, 6.45) is -8.24. The summed E-state index contributed by atoms with van der Waals surface area (Å²) in [5, 5.41) is 51.6. The number of phenols is 1. The van der Waals surface area contributed by atoms with Crippen LogP contribution in [0.1, 0.15) is 31.4 Å². The maximum absolute atomic E-state index is 13.4. The summed E-state index contributed by atoms with van der Waals surface area (Å²) in [5.41, 5.74) is 1.87. The van der Waals surface area contributed by atoms with E-state index in [9.17, 15) is 39.9 Å². The maximum atomic E-state index is 13.4. The first-order valence-electron chi connectivity index (χ1n) is 14.3. The number of carboxylic acid groups (broad SMARTS) is 1. The molecule has 8 unspecified atom stereocenters. The number of carbonyl (C=O) groups excluding carboxylic acids is 2. The molecular weight excluding hydrogens is 560 g/mol. The smallest absolute Gasteiger partial charge is 0.335 e. The van der Waals surface area contributed by atoms with Crippen molar-refractivity contribution in [1.82, 2.24) is 10.2 Å². The summed E-state index contributed by atoms with van der Waals surface area (Å²) in [7, 11) is 0. The highest BCUT2D eigenvalue weighted by Gasteiger charge is 2.48. The lowest BCUT2D eigenvalue weighted by molar-refractivity contribution is -0.286. The van der Waals surface area contributed by atoms with Crippen molar-refractivity contribution < 1.29 is 49.4 Å². The molecule has 6 N–H and O–H groups in total. The number of carboxylic acids is 1. The van der Waals surface area contributed by atoms with Crippen LogP contribution in [-0.2, 0) is 35.7 Å². The predicted octanol–water partition coefficient (Wildman–Crippen LogP) is 0.402. The molecule has 4 rings (SSSR count). The van der Waals surface area contributed by atoms with Crippen LogP contribution in [0.4, 0.5) is 0 Å². The summed E-state index contributed by atoms with van der Waals surface area (Å²) >= 11 is 0. The number of nitrogens with zero attached hydrogens (tertiary/aromatic N) is 1. The number of esters is 1. The molecular formula is C31H40N2O10. The first-order chi connectivity index (χ1) is 20.4. The van der Waals surface area contributed by atoms with Gasteiger partial charge in [0.2, 0.25) is 12.2 Å². The van der Waals surface area contributed by atoms with Gasteiger partial charge in [-0.05, 0) is 54.0 Å². The second-order valence-corrected chi connectivity index (χ2v) is 11.7. The van der Waals surface area contributed by atoms with E-state index < -0.39 is 61.0 Å². The number of nitrogens with one attached hydrogen (secondary N) is 1. The van der Waals surface area contributed by atoms with E-state index in [4.69, 9.17) is 9.47 Å². The first-order valence-corrected chi connectivity index (χ1v) is 14.3. The Morgan fingerprint density at radius 3 is 2.44 bits per heavy atom.